The monoisotopic (exact) mass is 159 g/mol. The van der Waals surface area contributed by atoms with Crippen molar-refractivity contribution in [1.82, 2.24) is 4.90 Å². The van der Waals surface area contributed by atoms with Gasteiger partial charge in [0, 0.05) is 12.6 Å². The van der Waals surface area contributed by atoms with E-state index in [1.54, 1.807) is 0 Å². The minimum absolute atomic E-state index is 0.317. The maximum atomic E-state index is 8.66. The first-order valence-corrected chi connectivity index (χ1v) is 4.37. The van der Waals surface area contributed by atoms with Gasteiger partial charge >= 0.3 is 0 Å². The van der Waals surface area contributed by atoms with Crippen LogP contribution >= 0.6 is 0 Å². The van der Waals surface area contributed by atoms with Crippen molar-refractivity contribution >= 4 is 0 Å². The molecule has 0 amide bonds. The summed E-state index contributed by atoms with van der Waals surface area (Å²) in [5, 5.41) is 8.66. The van der Waals surface area contributed by atoms with Gasteiger partial charge < -0.3 is 10.0 Å². The fraction of sp³-hybridized carbons (Fsp3) is 1.00. The van der Waals surface area contributed by atoms with E-state index in [4.69, 9.17) is 5.11 Å². The van der Waals surface area contributed by atoms with Crippen molar-refractivity contribution in [1.29, 1.82) is 0 Å². The second-order valence-electron chi connectivity index (χ2n) is 3.64. The number of aliphatic hydroxyl groups is 1. The molecule has 0 aromatic heterocycles. The quantitative estimate of drug-likeness (QED) is 0.654. The zero-order chi connectivity index (χ0) is 8.85. The molecule has 0 aliphatic carbocycles. The van der Waals surface area contributed by atoms with Gasteiger partial charge in [-0.05, 0) is 32.9 Å². The lowest BCUT2D eigenvalue weighted by Crippen LogP contribution is -2.32. The van der Waals surface area contributed by atoms with Crippen LogP contribution in [0.5, 0.6) is 0 Å². The summed E-state index contributed by atoms with van der Waals surface area (Å²) in [4.78, 5) is 2.24. The molecule has 11 heavy (non-hydrogen) atoms. The molecule has 0 saturated carbocycles. The molecule has 2 nitrogen and oxygen atoms in total. The topological polar surface area (TPSA) is 23.5 Å². The third-order valence-corrected chi connectivity index (χ3v) is 2.09. The van der Waals surface area contributed by atoms with Gasteiger partial charge in [0.25, 0.3) is 0 Å². The number of nitrogens with zero attached hydrogens (tertiary/aromatic N) is 1. The van der Waals surface area contributed by atoms with E-state index >= 15 is 0 Å². The molecule has 0 saturated heterocycles. The van der Waals surface area contributed by atoms with E-state index in [0.717, 1.165) is 12.8 Å². The maximum Gasteiger partial charge on any atom is 0.0431 e. The Balaban J connectivity index is 3.70. The van der Waals surface area contributed by atoms with Crippen LogP contribution in [0.3, 0.4) is 0 Å². The largest absolute Gasteiger partial charge is 0.396 e. The average molecular weight is 159 g/mol. The second-order valence-corrected chi connectivity index (χ2v) is 3.64. The molecule has 0 radical (unpaired) electrons. The Morgan fingerprint density at radius 3 is 2.09 bits per heavy atom. The minimum atomic E-state index is 0.317. The zero-order valence-electron chi connectivity index (χ0n) is 8.17. The summed E-state index contributed by atoms with van der Waals surface area (Å²) in [6.45, 7) is 4.77. The molecule has 0 aromatic rings. The molecular weight excluding hydrogens is 138 g/mol. The van der Waals surface area contributed by atoms with Gasteiger partial charge in [0.1, 0.15) is 0 Å². The molecule has 0 heterocycles. The molecule has 0 rings (SSSR count). The van der Waals surface area contributed by atoms with Crippen molar-refractivity contribution < 1.29 is 5.11 Å². The average Bonchev–Trinajstić information content (AvgIpc) is 1.87. The molecule has 2 heteroatoms. The van der Waals surface area contributed by atoms with Gasteiger partial charge in [0.05, 0.1) is 0 Å². The fourth-order valence-corrected chi connectivity index (χ4v) is 1.49. The number of aliphatic hydroxyl groups excluding tert-OH is 1. The Bertz CT molecular complexity index is 83.6. The number of hydrogen-bond donors (Lipinski definition) is 1. The molecule has 0 aliphatic heterocycles. The number of rotatable bonds is 5. The zero-order valence-corrected chi connectivity index (χ0v) is 8.17. The molecule has 1 atom stereocenters. The summed E-state index contributed by atoms with van der Waals surface area (Å²) >= 11 is 0. The summed E-state index contributed by atoms with van der Waals surface area (Å²) in [5.74, 6) is 0.677. The summed E-state index contributed by atoms with van der Waals surface area (Å²) in [7, 11) is 4.20. The molecule has 0 aliphatic rings. The molecule has 68 valence electrons. The first-order valence-electron chi connectivity index (χ1n) is 4.37. The van der Waals surface area contributed by atoms with Crippen LogP contribution in [-0.2, 0) is 0 Å². The van der Waals surface area contributed by atoms with Crippen LogP contribution < -0.4 is 0 Å². The van der Waals surface area contributed by atoms with E-state index in [-0.39, 0.29) is 0 Å². The molecule has 1 N–H and O–H groups in total. The van der Waals surface area contributed by atoms with Gasteiger partial charge in [0.2, 0.25) is 0 Å². The fourth-order valence-electron chi connectivity index (χ4n) is 1.49. The van der Waals surface area contributed by atoms with Crippen LogP contribution in [-0.4, -0.2) is 36.8 Å². The van der Waals surface area contributed by atoms with Crippen LogP contribution in [0, 0.1) is 5.92 Å². The van der Waals surface area contributed by atoms with Gasteiger partial charge in [0.15, 0.2) is 0 Å². The minimum Gasteiger partial charge on any atom is -0.396 e. The lowest BCUT2D eigenvalue weighted by Gasteiger charge is -2.27. The predicted octanol–water partition coefficient (Wildman–Crippen LogP) is 1.35. The maximum absolute atomic E-state index is 8.66. The second kappa shape index (κ2) is 5.56. The van der Waals surface area contributed by atoms with E-state index in [1.807, 2.05) is 0 Å². The lowest BCUT2D eigenvalue weighted by atomic mass is 9.98. The van der Waals surface area contributed by atoms with Crippen molar-refractivity contribution in [3.8, 4) is 0 Å². The van der Waals surface area contributed by atoms with E-state index in [9.17, 15) is 0 Å². The molecule has 0 spiro atoms. The van der Waals surface area contributed by atoms with Crippen molar-refractivity contribution in [3.05, 3.63) is 0 Å². The summed E-state index contributed by atoms with van der Waals surface area (Å²) in [5.41, 5.74) is 0. The van der Waals surface area contributed by atoms with Gasteiger partial charge in [-0.3, -0.25) is 0 Å². The summed E-state index contributed by atoms with van der Waals surface area (Å²) in [6.07, 6.45) is 2.02. The summed E-state index contributed by atoms with van der Waals surface area (Å²) < 4.78 is 0. The van der Waals surface area contributed by atoms with Gasteiger partial charge in [-0.2, -0.15) is 0 Å². The van der Waals surface area contributed by atoms with Gasteiger partial charge in [-0.15, -0.1) is 0 Å². The third kappa shape index (κ3) is 4.38. The molecule has 0 aromatic carbocycles. The highest BCUT2D eigenvalue weighted by Crippen LogP contribution is 2.12. The first-order chi connectivity index (χ1) is 5.09. The van der Waals surface area contributed by atoms with E-state index in [0.29, 0.717) is 18.6 Å². The van der Waals surface area contributed by atoms with E-state index < -0.39 is 0 Å². The SMILES string of the molecule is CC(C)C(CCCO)N(C)C. The van der Waals surface area contributed by atoms with Crippen LogP contribution in [0.2, 0.25) is 0 Å². The Hall–Kier alpha value is -0.0800. The first kappa shape index (κ1) is 10.9. The van der Waals surface area contributed by atoms with Crippen LogP contribution in [0.25, 0.3) is 0 Å². The van der Waals surface area contributed by atoms with Crippen molar-refractivity contribution in [2.75, 3.05) is 20.7 Å². The van der Waals surface area contributed by atoms with Crippen LogP contribution in [0.1, 0.15) is 26.7 Å². The lowest BCUT2D eigenvalue weighted by molar-refractivity contribution is 0.194. The Labute approximate surface area is 70.2 Å². The normalized spacial score (nSPS) is 14.5. The van der Waals surface area contributed by atoms with Gasteiger partial charge in [-0.25, -0.2) is 0 Å². The van der Waals surface area contributed by atoms with Gasteiger partial charge in [-0.1, -0.05) is 13.8 Å². The third-order valence-electron chi connectivity index (χ3n) is 2.09. The Morgan fingerprint density at radius 1 is 1.27 bits per heavy atom. The Kier molecular flexibility index (Phi) is 5.51. The molecule has 0 fully saturated rings. The smallest absolute Gasteiger partial charge is 0.0431 e. The highest BCUT2D eigenvalue weighted by molar-refractivity contribution is 4.69. The van der Waals surface area contributed by atoms with Crippen molar-refractivity contribution in [2.45, 2.75) is 32.7 Å². The van der Waals surface area contributed by atoms with Crippen LogP contribution in [0.15, 0.2) is 0 Å². The van der Waals surface area contributed by atoms with E-state index in [2.05, 4.69) is 32.8 Å². The molecule has 1 unspecified atom stereocenters. The van der Waals surface area contributed by atoms with Crippen molar-refractivity contribution in [3.63, 3.8) is 0 Å². The molecular formula is C9H21NO. The van der Waals surface area contributed by atoms with E-state index in [1.165, 1.54) is 0 Å². The van der Waals surface area contributed by atoms with Crippen molar-refractivity contribution in [2.24, 2.45) is 5.92 Å². The Morgan fingerprint density at radius 2 is 1.82 bits per heavy atom. The molecule has 0 bridgehead atoms. The van der Waals surface area contributed by atoms with Crippen LogP contribution in [0.4, 0.5) is 0 Å². The highest BCUT2D eigenvalue weighted by atomic mass is 16.2. The predicted molar refractivity (Wildman–Crippen MR) is 48.6 cm³/mol. The summed E-state index contributed by atoms with van der Waals surface area (Å²) in [6, 6.07) is 0.613. The highest BCUT2D eigenvalue weighted by Gasteiger charge is 2.14. The number of hydrogen-bond acceptors (Lipinski definition) is 2. The standard InChI is InChI=1S/C9H21NO/c1-8(2)9(10(3)4)6-5-7-11/h8-9,11H,5-7H2,1-4H3.